The second-order valence-corrected chi connectivity index (χ2v) is 6.47. The van der Waals surface area contributed by atoms with Crippen molar-refractivity contribution in [2.75, 3.05) is 36.0 Å². The van der Waals surface area contributed by atoms with Crippen molar-refractivity contribution in [3.05, 3.63) is 67.8 Å². The molecule has 29 heavy (non-hydrogen) atoms. The quantitative estimate of drug-likeness (QED) is 0.571. The molecular formula is C19H16N6O4. The largest absolute Gasteiger partial charge is 0.364 e. The monoisotopic (exact) mass is 392 g/mol. The smallest absolute Gasteiger partial charge is 0.292 e. The van der Waals surface area contributed by atoms with Crippen LogP contribution in [0.15, 0.2) is 36.4 Å². The van der Waals surface area contributed by atoms with Crippen LogP contribution < -0.4 is 9.80 Å². The van der Waals surface area contributed by atoms with Gasteiger partial charge in [-0.25, -0.2) is 0 Å². The van der Waals surface area contributed by atoms with Crippen LogP contribution in [-0.2, 0) is 0 Å². The maximum atomic E-state index is 11.4. The first-order valence-electron chi connectivity index (χ1n) is 8.81. The van der Waals surface area contributed by atoms with Gasteiger partial charge in [0.15, 0.2) is 0 Å². The zero-order valence-corrected chi connectivity index (χ0v) is 15.3. The van der Waals surface area contributed by atoms with Gasteiger partial charge in [0.25, 0.3) is 11.4 Å². The van der Waals surface area contributed by atoms with Gasteiger partial charge in [0.1, 0.15) is 11.4 Å². The van der Waals surface area contributed by atoms with Gasteiger partial charge in [0, 0.05) is 38.3 Å². The van der Waals surface area contributed by atoms with Gasteiger partial charge < -0.3 is 9.80 Å². The molecule has 0 spiro atoms. The lowest BCUT2D eigenvalue weighted by molar-refractivity contribution is -0.384. The lowest BCUT2D eigenvalue weighted by atomic mass is 10.1. The van der Waals surface area contributed by atoms with Crippen molar-refractivity contribution in [1.29, 1.82) is 10.5 Å². The van der Waals surface area contributed by atoms with Gasteiger partial charge in [0.2, 0.25) is 0 Å². The number of nitriles is 2. The Morgan fingerprint density at radius 2 is 1.17 bits per heavy atom. The van der Waals surface area contributed by atoms with Crippen molar-refractivity contribution in [2.45, 2.75) is 6.42 Å². The fourth-order valence-electron chi connectivity index (χ4n) is 3.40. The van der Waals surface area contributed by atoms with Crippen molar-refractivity contribution >= 4 is 22.7 Å². The van der Waals surface area contributed by atoms with Crippen LogP contribution in [-0.4, -0.2) is 36.0 Å². The van der Waals surface area contributed by atoms with E-state index < -0.39 is 9.85 Å². The Kier molecular flexibility index (Phi) is 5.56. The summed E-state index contributed by atoms with van der Waals surface area (Å²) in [5, 5.41) is 41.1. The molecule has 1 heterocycles. The number of nitrogens with zero attached hydrogens (tertiary/aromatic N) is 6. The highest BCUT2D eigenvalue weighted by Crippen LogP contribution is 2.33. The highest BCUT2D eigenvalue weighted by molar-refractivity contribution is 5.68. The molecule has 146 valence electrons. The van der Waals surface area contributed by atoms with Crippen LogP contribution in [0.5, 0.6) is 0 Å². The first kappa shape index (κ1) is 19.6. The van der Waals surface area contributed by atoms with E-state index in [1.54, 1.807) is 0 Å². The van der Waals surface area contributed by atoms with Crippen LogP contribution in [0.2, 0.25) is 0 Å². The van der Waals surface area contributed by atoms with E-state index in [9.17, 15) is 20.2 Å². The lowest BCUT2D eigenvalue weighted by Gasteiger charge is -2.24. The molecular weight excluding hydrogens is 376 g/mol. The van der Waals surface area contributed by atoms with E-state index in [4.69, 9.17) is 10.5 Å². The molecule has 1 aliphatic heterocycles. The van der Waals surface area contributed by atoms with Gasteiger partial charge in [0.05, 0.1) is 33.1 Å². The summed E-state index contributed by atoms with van der Waals surface area (Å²) in [4.78, 5) is 25.5. The molecule has 0 bridgehead atoms. The normalized spacial score (nSPS) is 13.9. The van der Waals surface area contributed by atoms with E-state index in [0.29, 0.717) is 55.1 Å². The SMILES string of the molecule is N#Cc1ccc([N+](=O)[O-])c(N2CCCN(c3cc(C#N)ccc3[N+](=O)[O-])CC2)c1. The third-order valence-electron chi connectivity index (χ3n) is 4.78. The average Bonchev–Trinajstić information content (AvgIpc) is 2.98. The molecule has 3 rings (SSSR count). The van der Waals surface area contributed by atoms with Crippen LogP contribution in [0.3, 0.4) is 0 Å². The maximum Gasteiger partial charge on any atom is 0.292 e. The van der Waals surface area contributed by atoms with Crippen molar-refractivity contribution in [3.63, 3.8) is 0 Å². The molecule has 0 amide bonds. The lowest BCUT2D eigenvalue weighted by Crippen LogP contribution is -2.31. The first-order chi connectivity index (χ1) is 13.9. The molecule has 10 heteroatoms. The Hall–Kier alpha value is -4.18. The maximum absolute atomic E-state index is 11.4. The summed E-state index contributed by atoms with van der Waals surface area (Å²) >= 11 is 0. The number of hydrogen-bond acceptors (Lipinski definition) is 8. The number of nitro benzene ring substituents is 2. The Morgan fingerprint density at radius 3 is 1.52 bits per heavy atom. The van der Waals surface area contributed by atoms with Crippen molar-refractivity contribution in [3.8, 4) is 12.1 Å². The molecule has 1 saturated heterocycles. The minimum absolute atomic E-state index is 0.0880. The van der Waals surface area contributed by atoms with Gasteiger partial charge in [-0.3, -0.25) is 20.2 Å². The van der Waals surface area contributed by atoms with E-state index in [0.717, 1.165) is 0 Å². The Labute approximate surface area is 166 Å². The minimum atomic E-state index is -0.486. The van der Waals surface area contributed by atoms with Gasteiger partial charge in [-0.2, -0.15) is 10.5 Å². The van der Waals surface area contributed by atoms with Crippen molar-refractivity contribution in [1.82, 2.24) is 0 Å². The van der Waals surface area contributed by atoms with E-state index in [1.807, 2.05) is 21.9 Å². The second-order valence-electron chi connectivity index (χ2n) is 6.47. The number of hydrogen-bond donors (Lipinski definition) is 0. The molecule has 10 nitrogen and oxygen atoms in total. The van der Waals surface area contributed by atoms with E-state index in [2.05, 4.69) is 0 Å². The number of nitro groups is 2. The molecule has 0 unspecified atom stereocenters. The molecule has 1 aliphatic rings. The van der Waals surface area contributed by atoms with Crippen LogP contribution in [0, 0.1) is 42.9 Å². The third kappa shape index (κ3) is 4.06. The number of anilines is 2. The highest BCUT2D eigenvalue weighted by Gasteiger charge is 2.26. The molecule has 2 aromatic carbocycles. The minimum Gasteiger partial charge on any atom is -0.364 e. The molecule has 0 aliphatic carbocycles. The molecule has 0 saturated carbocycles. The zero-order chi connectivity index (χ0) is 21.0. The highest BCUT2D eigenvalue weighted by atomic mass is 16.6. The molecule has 0 atom stereocenters. The van der Waals surface area contributed by atoms with Crippen LogP contribution in [0.1, 0.15) is 17.5 Å². The predicted molar refractivity (Wildman–Crippen MR) is 105 cm³/mol. The summed E-state index contributed by atoms with van der Waals surface area (Å²) in [5.41, 5.74) is 1.19. The molecule has 0 radical (unpaired) electrons. The van der Waals surface area contributed by atoms with E-state index in [1.165, 1.54) is 36.4 Å². The Morgan fingerprint density at radius 1 is 0.759 bits per heavy atom. The molecule has 1 fully saturated rings. The predicted octanol–water partition coefficient (Wildman–Crippen LogP) is 2.96. The fourth-order valence-corrected chi connectivity index (χ4v) is 3.40. The molecule has 0 N–H and O–H groups in total. The topological polar surface area (TPSA) is 140 Å². The molecule has 0 aromatic heterocycles. The summed E-state index contributed by atoms with van der Waals surface area (Å²) in [5.74, 6) is 0. The molecule has 2 aromatic rings. The van der Waals surface area contributed by atoms with Gasteiger partial charge in [-0.05, 0) is 30.7 Å². The van der Waals surface area contributed by atoms with Crippen molar-refractivity contribution in [2.24, 2.45) is 0 Å². The summed E-state index contributed by atoms with van der Waals surface area (Å²) in [6, 6.07) is 12.4. The number of rotatable bonds is 4. The first-order valence-corrected chi connectivity index (χ1v) is 8.81. The summed E-state index contributed by atoms with van der Waals surface area (Å²) in [6.45, 7) is 1.75. The average molecular weight is 392 g/mol. The standard InChI is InChI=1S/C19H16N6O4/c20-12-14-2-4-16(24(26)27)18(10-14)22-6-1-7-23(9-8-22)19-11-15(13-21)3-5-17(19)25(28)29/h2-5,10-11H,1,6-9H2. The summed E-state index contributed by atoms with van der Waals surface area (Å²) < 4.78 is 0. The second kappa shape index (κ2) is 8.23. The van der Waals surface area contributed by atoms with E-state index >= 15 is 0 Å². The Bertz CT molecular complexity index is 972. The third-order valence-corrected chi connectivity index (χ3v) is 4.78. The fraction of sp³-hybridized carbons (Fsp3) is 0.263. The van der Waals surface area contributed by atoms with Crippen LogP contribution >= 0.6 is 0 Å². The number of benzene rings is 2. The van der Waals surface area contributed by atoms with Crippen molar-refractivity contribution < 1.29 is 9.85 Å². The van der Waals surface area contributed by atoms with Crippen LogP contribution in [0.4, 0.5) is 22.7 Å². The van der Waals surface area contributed by atoms with Gasteiger partial charge in [-0.15, -0.1) is 0 Å². The zero-order valence-electron chi connectivity index (χ0n) is 15.3. The summed E-state index contributed by atoms with van der Waals surface area (Å²) in [7, 11) is 0. The summed E-state index contributed by atoms with van der Waals surface area (Å²) in [6.07, 6.45) is 0.599. The van der Waals surface area contributed by atoms with Gasteiger partial charge in [-0.1, -0.05) is 0 Å². The van der Waals surface area contributed by atoms with Gasteiger partial charge >= 0.3 is 0 Å². The van der Waals surface area contributed by atoms with Crippen LogP contribution in [0.25, 0.3) is 0 Å². The Balaban J connectivity index is 1.91. The van der Waals surface area contributed by atoms with E-state index in [-0.39, 0.29) is 11.4 Å².